The molecule has 1 aromatic heterocycles. The number of alkyl halides is 3. The lowest BCUT2D eigenvalue weighted by Gasteiger charge is -2.29. The lowest BCUT2D eigenvalue weighted by molar-refractivity contribution is -0.137. The summed E-state index contributed by atoms with van der Waals surface area (Å²) in [6, 6.07) is 4.73. The first-order chi connectivity index (χ1) is 12.1. The van der Waals surface area contributed by atoms with Crippen molar-refractivity contribution in [2.75, 3.05) is 16.4 Å². The number of amides is 1. The van der Waals surface area contributed by atoms with E-state index < -0.39 is 23.7 Å². The molecule has 1 atom stereocenters. The van der Waals surface area contributed by atoms with Crippen LogP contribution < -0.4 is 22.1 Å². The molecule has 0 aliphatic carbocycles. The number of carbonyl (C=O) groups excluding carboxylic acids is 1. The van der Waals surface area contributed by atoms with Crippen molar-refractivity contribution in [3.05, 3.63) is 35.4 Å². The average molecular weight is 365 g/mol. The maximum Gasteiger partial charge on any atom is 0.416 e. The topological polar surface area (TPSA) is 148 Å². The largest absolute Gasteiger partial charge is 0.416 e. The summed E-state index contributed by atoms with van der Waals surface area (Å²) in [7, 11) is 0. The maximum absolute atomic E-state index is 13.0. The molecular weight excluding hydrogens is 351 g/mol. The first-order valence-electron chi connectivity index (χ1n) is 7.15. The first-order valence-corrected chi connectivity index (χ1v) is 7.15. The molecule has 0 fully saturated rings. The molecule has 0 saturated heterocycles. The minimum atomic E-state index is -4.61. The molecule has 1 heterocycles. The summed E-state index contributed by atoms with van der Waals surface area (Å²) in [5.41, 5.74) is 15.2. The van der Waals surface area contributed by atoms with Crippen LogP contribution in [0.5, 0.6) is 0 Å². The average Bonchev–Trinajstić information content (AvgIpc) is 2.54. The van der Waals surface area contributed by atoms with Gasteiger partial charge in [-0.25, -0.2) is 0 Å². The van der Waals surface area contributed by atoms with E-state index >= 15 is 0 Å². The van der Waals surface area contributed by atoms with Gasteiger partial charge in [-0.1, -0.05) is 6.07 Å². The molecule has 6 N–H and O–H groups in total. The molecule has 1 aromatic carbocycles. The SMILES string of the molecule is C[C@@H](C(N)=O)N(c1cccc(C(F)(F)F)c1)c1nc(N)nc(N)c1C#N. The zero-order valence-electron chi connectivity index (χ0n) is 13.4. The predicted molar refractivity (Wildman–Crippen MR) is 87.8 cm³/mol. The van der Waals surface area contributed by atoms with E-state index in [2.05, 4.69) is 9.97 Å². The van der Waals surface area contributed by atoms with Crippen molar-refractivity contribution in [1.82, 2.24) is 9.97 Å². The molecule has 26 heavy (non-hydrogen) atoms. The van der Waals surface area contributed by atoms with Gasteiger partial charge in [0.15, 0.2) is 5.82 Å². The number of nitriles is 1. The number of nitrogen functional groups attached to an aromatic ring is 2. The summed E-state index contributed by atoms with van der Waals surface area (Å²) in [5.74, 6) is -1.67. The van der Waals surface area contributed by atoms with Crippen LogP contribution in [0.3, 0.4) is 0 Å². The van der Waals surface area contributed by atoms with Crippen molar-refractivity contribution in [2.45, 2.75) is 19.1 Å². The fourth-order valence-electron chi connectivity index (χ4n) is 2.25. The van der Waals surface area contributed by atoms with Gasteiger partial charge in [-0.05, 0) is 25.1 Å². The Morgan fingerprint density at radius 3 is 2.50 bits per heavy atom. The maximum atomic E-state index is 13.0. The Balaban J connectivity index is 2.76. The molecular formula is C15H14F3N7O. The summed E-state index contributed by atoms with van der Waals surface area (Å²) < 4.78 is 39.1. The molecule has 0 unspecified atom stereocenters. The van der Waals surface area contributed by atoms with Crippen molar-refractivity contribution < 1.29 is 18.0 Å². The van der Waals surface area contributed by atoms with Crippen molar-refractivity contribution in [1.29, 1.82) is 5.26 Å². The van der Waals surface area contributed by atoms with Crippen molar-refractivity contribution in [3.8, 4) is 6.07 Å². The summed E-state index contributed by atoms with van der Waals surface area (Å²) in [4.78, 5) is 20.3. The van der Waals surface area contributed by atoms with Gasteiger partial charge in [-0.2, -0.15) is 28.4 Å². The van der Waals surface area contributed by atoms with Gasteiger partial charge in [0.2, 0.25) is 11.9 Å². The minimum absolute atomic E-state index is 0.0693. The van der Waals surface area contributed by atoms with Crippen molar-refractivity contribution in [3.63, 3.8) is 0 Å². The Labute approximate surface area is 146 Å². The van der Waals surface area contributed by atoms with E-state index in [1.165, 1.54) is 13.0 Å². The Kier molecular flexibility index (Phi) is 4.88. The molecule has 0 saturated carbocycles. The number of nitrogens with zero attached hydrogens (tertiary/aromatic N) is 4. The Hall–Kier alpha value is -3.55. The zero-order valence-corrected chi connectivity index (χ0v) is 13.4. The molecule has 1 amide bonds. The summed E-state index contributed by atoms with van der Waals surface area (Å²) in [6.07, 6.45) is -4.61. The normalized spacial score (nSPS) is 12.3. The fourth-order valence-corrected chi connectivity index (χ4v) is 2.25. The van der Waals surface area contributed by atoms with E-state index in [1.54, 1.807) is 6.07 Å². The highest BCUT2D eigenvalue weighted by Gasteiger charge is 2.33. The van der Waals surface area contributed by atoms with Gasteiger partial charge in [0.25, 0.3) is 0 Å². The lowest BCUT2D eigenvalue weighted by Crippen LogP contribution is -2.41. The summed E-state index contributed by atoms with van der Waals surface area (Å²) in [5, 5.41) is 9.32. The van der Waals surface area contributed by atoms with Gasteiger partial charge < -0.3 is 22.1 Å². The van der Waals surface area contributed by atoms with Crippen LogP contribution in [0.4, 0.5) is 36.4 Å². The number of carbonyl (C=O) groups is 1. The van der Waals surface area contributed by atoms with Gasteiger partial charge >= 0.3 is 6.18 Å². The Morgan fingerprint density at radius 1 is 1.31 bits per heavy atom. The highest BCUT2D eigenvalue weighted by molar-refractivity contribution is 5.87. The first kappa shape index (κ1) is 18.8. The number of nitrogens with two attached hydrogens (primary N) is 3. The number of anilines is 4. The van der Waals surface area contributed by atoms with Crippen LogP contribution in [0.15, 0.2) is 24.3 Å². The van der Waals surface area contributed by atoms with E-state index in [4.69, 9.17) is 17.2 Å². The molecule has 2 rings (SSSR count). The number of rotatable bonds is 4. The quantitative estimate of drug-likeness (QED) is 0.744. The number of aromatic nitrogens is 2. The number of hydrogen-bond acceptors (Lipinski definition) is 7. The van der Waals surface area contributed by atoms with E-state index in [-0.39, 0.29) is 28.8 Å². The molecule has 0 aliphatic heterocycles. The molecule has 0 aliphatic rings. The van der Waals surface area contributed by atoms with Crippen LogP contribution >= 0.6 is 0 Å². The van der Waals surface area contributed by atoms with Crippen molar-refractivity contribution >= 4 is 29.2 Å². The standard InChI is InChI=1S/C15H14F3N7O/c1-7(12(21)26)25(9-4-2-3-8(5-9)15(16,17)18)13-10(6-19)11(20)23-14(22)24-13/h2-5,7H,1H3,(H2,21,26)(H4,20,22,23,24)/t7-/m0/s1. The number of hydrogen-bond donors (Lipinski definition) is 3. The van der Waals surface area contributed by atoms with Crippen LogP contribution in [0.2, 0.25) is 0 Å². The highest BCUT2D eigenvalue weighted by Crippen LogP contribution is 2.36. The third-order valence-electron chi connectivity index (χ3n) is 3.53. The molecule has 136 valence electrons. The second-order valence-corrected chi connectivity index (χ2v) is 5.27. The van der Waals surface area contributed by atoms with Crippen LogP contribution in [-0.4, -0.2) is 21.9 Å². The molecule has 0 bridgehead atoms. The number of primary amides is 1. The summed E-state index contributed by atoms with van der Waals surface area (Å²) >= 11 is 0. The predicted octanol–water partition coefficient (Wildman–Crippen LogP) is 1.54. The van der Waals surface area contributed by atoms with E-state index in [9.17, 15) is 23.2 Å². The van der Waals surface area contributed by atoms with Crippen LogP contribution in [0.1, 0.15) is 18.1 Å². The smallest absolute Gasteiger partial charge is 0.382 e. The van der Waals surface area contributed by atoms with Crippen molar-refractivity contribution in [2.24, 2.45) is 5.73 Å². The monoisotopic (exact) mass is 365 g/mol. The molecule has 8 nitrogen and oxygen atoms in total. The van der Waals surface area contributed by atoms with Crippen LogP contribution in [0.25, 0.3) is 0 Å². The molecule has 2 aromatic rings. The van der Waals surface area contributed by atoms with Crippen LogP contribution in [0, 0.1) is 11.3 Å². The Bertz CT molecular complexity index is 892. The highest BCUT2D eigenvalue weighted by atomic mass is 19.4. The van der Waals surface area contributed by atoms with Gasteiger partial charge in [0, 0.05) is 5.69 Å². The minimum Gasteiger partial charge on any atom is -0.382 e. The van der Waals surface area contributed by atoms with Gasteiger partial charge in [0.05, 0.1) is 5.56 Å². The molecule has 0 spiro atoms. The third kappa shape index (κ3) is 3.59. The lowest BCUT2D eigenvalue weighted by atomic mass is 10.1. The fraction of sp³-hybridized carbons (Fsp3) is 0.200. The second kappa shape index (κ2) is 6.75. The van der Waals surface area contributed by atoms with Gasteiger partial charge in [0.1, 0.15) is 23.5 Å². The Morgan fingerprint density at radius 2 is 1.96 bits per heavy atom. The summed E-state index contributed by atoms with van der Waals surface area (Å²) in [6.45, 7) is 1.35. The van der Waals surface area contributed by atoms with E-state index in [1.807, 2.05) is 0 Å². The third-order valence-corrected chi connectivity index (χ3v) is 3.53. The zero-order chi connectivity index (χ0) is 19.6. The van der Waals surface area contributed by atoms with E-state index in [0.29, 0.717) is 0 Å². The second-order valence-electron chi connectivity index (χ2n) is 5.27. The number of halogens is 3. The van der Waals surface area contributed by atoms with Gasteiger partial charge in [-0.3, -0.25) is 4.79 Å². The molecule has 11 heteroatoms. The molecule has 0 radical (unpaired) electrons. The number of benzene rings is 1. The van der Waals surface area contributed by atoms with E-state index in [0.717, 1.165) is 23.1 Å². The van der Waals surface area contributed by atoms with Gasteiger partial charge in [-0.15, -0.1) is 0 Å². The van der Waals surface area contributed by atoms with Crippen LogP contribution in [-0.2, 0) is 11.0 Å².